The van der Waals surface area contributed by atoms with Gasteiger partial charge in [0.05, 0.1) is 12.1 Å². The number of piperidine rings is 1. The van der Waals surface area contributed by atoms with E-state index < -0.39 is 0 Å². The van der Waals surface area contributed by atoms with Crippen LogP contribution >= 0.6 is 0 Å². The minimum atomic E-state index is -0.174. The van der Waals surface area contributed by atoms with Crippen LogP contribution in [0.2, 0.25) is 0 Å². The molecule has 27 heavy (non-hydrogen) atoms. The van der Waals surface area contributed by atoms with Gasteiger partial charge in [0.25, 0.3) is 0 Å². The molecule has 2 atom stereocenters. The lowest BCUT2D eigenvalue weighted by atomic mass is 9.82. The fraction of sp³-hybridized carbons (Fsp3) is 0.682. The van der Waals surface area contributed by atoms with Crippen LogP contribution in [0.1, 0.15) is 44.6 Å². The third kappa shape index (κ3) is 5.02. The lowest BCUT2D eigenvalue weighted by Crippen LogP contribution is -2.49. The number of hydrogen-bond donors (Lipinski definition) is 1. The van der Waals surface area contributed by atoms with Crippen LogP contribution in [0.3, 0.4) is 0 Å². The van der Waals surface area contributed by atoms with Crippen molar-refractivity contribution in [3.05, 3.63) is 35.9 Å². The first-order valence-electron chi connectivity index (χ1n) is 10.4. The molecule has 1 N–H and O–H groups in total. The van der Waals surface area contributed by atoms with Crippen LogP contribution in [0, 0.1) is 5.92 Å². The molecule has 0 bridgehead atoms. The molecule has 0 aliphatic carbocycles. The van der Waals surface area contributed by atoms with Crippen LogP contribution in [-0.2, 0) is 9.47 Å². The van der Waals surface area contributed by atoms with Crippen molar-refractivity contribution in [3.63, 3.8) is 0 Å². The number of ether oxygens (including phenoxy) is 2. The highest BCUT2D eigenvalue weighted by atomic mass is 16.5. The van der Waals surface area contributed by atoms with E-state index in [1.165, 1.54) is 12.0 Å². The zero-order valence-corrected chi connectivity index (χ0v) is 17.1. The van der Waals surface area contributed by atoms with E-state index in [0.717, 1.165) is 51.6 Å². The summed E-state index contributed by atoms with van der Waals surface area (Å²) in [5, 5.41) is 3.50. The standard InChI is InChI=1S/C22H35N3O2/c1-4-23-21(24-17-22(26-3)11-14-27-15-12-22)25-13-10-20(18(2)16-25)19-8-6-5-7-9-19/h5-9,18,20H,4,10-17H2,1-3H3,(H,23,24). The smallest absolute Gasteiger partial charge is 0.194 e. The van der Waals surface area contributed by atoms with E-state index in [0.29, 0.717) is 18.4 Å². The SMILES string of the molecule is CCNC(=NCC1(OC)CCOCC1)N1CCC(c2ccccc2)C(C)C1. The molecule has 3 rings (SSSR count). The zero-order chi connectivity index (χ0) is 19.1. The highest BCUT2D eigenvalue weighted by molar-refractivity contribution is 5.80. The van der Waals surface area contributed by atoms with Crippen molar-refractivity contribution in [2.75, 3.05) is 46.5 Å². The lowest BCUT2D eigenvalue weighted by molar-refractivity contribution is -0.0829. The van der Waals surface area contributed by atoms with Crippen LogP contribution in [0.4, 0.5) is 0 Å². The summed E-state index contributed by atoms with van der Waals surface area (Å²) >= 11 is 0. The van der Waals surface area contributed by atoms with Crippen LogP contribution in [0.25, 0.3) is 0 Å². The van der Waals surface area contributed by atoms with E-state index >= 15 is 0 Å². The van der Waals surface area contributed by atoms with Gasteiger partial charge in [-0.1, -0.05) is 37.3 Å². The molecule has 2 aliphatic heterocycles. The van der Waals surface area contributed by atoms with Crippen LogP contribution in [0.15, 0.2) is 35.3 Å². The van der Waals surface area contributed by atoms with Crippen molar-refractivity contribution in [2.45, 2.75) is 44.6 Å². The fourth-order valence-electron chi connectivity index (χ4n) is 4.35. The van der Waals surface area contributed by atoms with Gasteiger partial charge in [0.1, 0.15) is 0 Å². The summed E-state index contributed by atoms with van der Waals surface area (Å²) in [6.45, 7) is 9.68. The maximum atomic E-state index is 5.86. The van der Waals surface area contributed by atoms with Gasteiger partial charge in [0, 0.05) is 52.8 Å². The van der Waals surface area contributed by atoms with E-state index in [2.05, 4.69) is 54.4 Å². The molecular formula is C22H35N3O2. The Hall–Kier alpha value is -1.59. The zero-order valence-electron chi connectivity index (χ0n) is 17.1. The molecule has 0 saturated carbocycles. The largest absolute Gasteiger partial charge is 0.381 e. The molecule has 2 heterocycles. The second-order valence-corrected chi connectivity index (χ2v) is 7.90. The minimum absolute atomic E-state index is 0.174. The first-order chi connectivity index (χ1) is 13.2. The van der Waals surface area contributed by atoms with E-state index in [9.17, 15) is 0 Å². The molecule has 0 spiro atoms. The molecule has 1 aromatic rings. The van der Waals surface area contributed by atoms with E-state index in [-0.39, 0.29) is 5.60 Å². The maximum Gasteiger partial charge on any atom is 0.194 e. The Morgan fingerprint density at radius 1 is 1.30 bits per heavy atom. The highest BCUT2D eigenvalue weighted by Crippen LogP contribution is 2.32. The Balaban J connectivity index is 1.66. The van der Waals surface area contributed by atoms with Crippen LogP contribution in [-0.4, -0.2) is 63.0 Å². The number of rotatable bonds is 5. The van der Waals surface area contributed by atoms with Crippen molar-refractivity contribution in [2.24, 2.45) is 10.9 Å². The van der Waals surface area contributed by atoms with Crippen molar-refractivity contribution in [1.29, 1.82) is 0 Å². The van der Waals surface area contributed by atoms with Gasteiger partial charge in [-0.3, -0.25) is 4.99 Å². The third-order valence-electron chi connectivity index (χ3n) is 6.12. The summed E-state index contributed by atoms with van der Waals surface area (Å²) in [7, 11) is 1.81. The number of methoxy groups -OCH3 is 1. The molecule has 2 fully saturated rings. The maximum absolute atomic E-state index is 5.86. The predicted molar refractivity (Wildman–Crippen MR) is 110 cm³/mol. The topological polar surface area (TPSA) is 46.1 Å². The number of nitrogens with zero attached hydrogens (tertiary/aromatic N) is 2. The van der Waals surface area contributed by atoms with Crippen molar-refractivity contribution >= 4 is 5.96 Å². The van der Waals surface area contributed by atoms with Crippen molar-refractivity contribution in [1.82, 2.24) is 10.2 Å². The van der Waals surface area contributed by atoms with Gasteiger partial charge in [0.2, 0.25) is 0 Å². The molecular weight excluding hydrogens is 338 g/mol. The predicted octanol–water partition coefficient (Wildman–Crippen LogP) is 3.27. The average Bonchev–Trinajstić information content (AvgIpc) is 2.72. The molecule has 5 nitrogen and oxygen atoms in total. The third-order valence-corrected chi connectivity index (χ3v) is 6.12. The summed E-state index contributed by atoms with van der Waals surface area (Å²) in [5.74, 6) is 2.26. The minimum Gasteiger partial charge on any atom is -0.381 e. The van der Waals surface area contributed by atoms with Gasteiger partial charge in [-0.2, -0.15) is 0 Å². The van der Waals surface area contributed by atoms with Crippen molar-refractivity contribution < 1.29 is 9.47 Å². The Morgan fingerprint density at radius 2 is 2.04 bits per heavy atom. The molecule has 2 unspecified atom stereocenters. The first kappa shape index (κ1) is 20.2. The van der Waals surface area contributed by atoms with Crippen molar-refractivity contribution in [3.8, 4) is 0 Å². The van der Waals surface area contributed by atoms with Gasteiger partial charge < -0.3 is 19.7 Å². The molecule has 2 aliphatic rings. The molecule has 0 radical (unpaired) electrons. The average molecular weight is 374 g/mol. The quantitative estimate of drug-likeness (QED) is 0.636. The van der Waals surface area contributed by atoms with Gasteiger partial charge in [-0.05, 0) is 30.7 Å². The van der Waals surface area contributed by atoms with Gasteiger partial charge in [0.15, 0.2) is 5.96 Å². The van der Waals surface area contributed by atoms with Crippen LogP contribution in [0.5, 0.6) is 0 Å². The Kier molecular flexibility index (Phi) is 7.13. The Labute approximate surface area is 164 Å². The molecule has 150 valence electrons. The summed E-state index contributed by atoms with van der Waals surface area (Å²) < 4.78 is 11.4. The van der Waals surface area contributed by atoms with Gasteiger partial charge >= 0.3 is 0 Å². The van der Waals surface area contributed by atoms with Gasteiger partial charge in [-0.15, -0.1) is 0 Å². The molecule has 2 saturated heterocycles. The summed E-state index contributed by atoms with van der Waals surface area (Å²) in [6, 6.07) is 10.9. The summed E-state index contributed by atoms with van der Waals surface area (Å²) in [4.78, 5) is 7.41. The van der Waals surface area contributed by atoms with Crippen LogP contribution < -0.4 is 5.32 Å². The number of hydrogen-bond acceptors (Lipinski definition) is 3. The summed E-state index contributed by atoms with van der Waals surface area (Å²) in [6.07, 6.45) is 3.00. The normalized spacial score (nSPS) is 26.0. The van der Waals surface area contributed by atoms with E-state index in [1.807, 2.05) is 0 Å². The van der Waals surface area contributed by atoms with E-state index in [1.54, 1.807) is 7.11 Å². The fourth-order valence-corrected chi connectivity index (χ4v) is 4.35. The summed E-state index contributed by atoms with van der Waals surface area (Å²) in [5.41, 5.74) is 1.29. The lowest BCUT2D eigenvalue weighted by Gasteiger charge is -2.40. The Morgan fingerprint density at radius 3 is 2.67 bits per heavy atom. The number of nitrogens with one attached hydrogen (secondary N) is 1. The molecule has 5 heteroatoms. The number of benzene rings is 1. The monoisotopic (exact) mass is 373 g/mol. The molecule has 0 amide bonds. The first-order valence-corrected chi connectivity index (χ1v) is 10.4. The number of aliphatic imine (C=N–C) groups is 1. The Bertz CT molecular complexity index is 599. The number of guanidine groups is 1. The highest BCUT2D eigenvalue weighted by Gasteiger charge is 2.33. The van der Waals surface area contributed by atoms with E-state index in [4.69, 9.17) is 14.5 Å². The molecule has 0 aromatic heterocycles. The number of likely N-dealkylation sites (tertiary alicyclic amines) is 1. The molecule has 1 aromatic carbocycles. The van der Waals surface area contributed by atoms with Gasteiger partial charge in [-0.25, -0.2) is 0 Å². The second-order valence-electron chi connectivity index (χ2n) is 7.90. The second kappa shape index (κ2) is 9.56.